The molecule has 12 nitrogen and oxygen atoms in total. The number of methoxy groups -OCH3 is 1. The number of amides is 1. The SMILES string of the molecule is C=NC(=N/C(=C\C)C(F)(F)F)N1CCN(c2cc(S(C)(=O)=O)c(C(=O)OC)cc2[N+](=O)[O-])C(=O)[C@H]1C(C)C. The van der Waals surface area contributed by atoms with Gasteiger partial charge in [-0.3, -0.25) is 14.9 Å². The number of halogens is 3. The normalized spacial score (nSPS) is 17.6. The number of nitro groups is 1. The fourth-order valence-electron chi connectivity index (χ4n) is 3.94. The largest absolute Gasteiger partial charge is 0.465 e. The van der Waals surface area contributed by atoms with E-state index in [1.54, 1.807) is 13.8 Å². The van der Waals surface area contributed by atoms with Crippen LogP contribution in [0.15, 0.2) is 38.8 Å². The summed E-state index contributed by atoms with van der Waals surface area (Å²) in [4.78, 5) is 45.5. The number of hydrogen-bond acceptors (Lipinski definition) is 8. The van der Waals surface area contributed by atoms with Gasteiger partial charge in [-0.2, -0.15) is 13.2 Å². The molecule has 0 unspecified atom stereocenters. The van der Waals surface area contributed by atoms with Crippen molar-refractivity contribution in [1.29, 1.82) is 0 Å². The third-order valence-electron chi connectivity index (χ3n) is 5.60. The van der Waals surface area contributed by atoms with Crippen LogP contribution in [-0.4, -0.2) is 81.5 Å². The zero-order valence-corrected chi connectivity index (χ0v) is 22.0. The molecular formula is C22H26F3N5O7S. The summed E-state index contributed by atoms with van der Waals surface area (Å²) in [5, 5.41) is 11.9. The molecule has 1 heterocycles. The first-order chi connectivity index (χ1) is 17.5. The Labute approximate surface area is 216 Å². The summed E-state index contributed by atoms with van der Waals surface area (Å²) in [6.07, 6.45) is -3.29. The first kappa shape index (κ1) is 30.4. The van der Waals surface area contributed by atoms with Crippen LogP contribution in [0.3, 0.4) is 0 Å². The Kier molecular flexibility index (Phi) is 9.03. The molecule has 16 heteroatoms. The Hall–Kier alpha value is -3.82. The van der Waals surface area contributed by atoms with Crippen LogP contribution >= 0.6 is 0 Å². The van der Waals surface area contributed by atoms with Gasteiger partial charge in [-0.1, -0.05) is 19.9 Å². The number of guanidine groups is 1. The number of anilines is 1. The van der Waals surface area contributed by atoms with Gasteiger partial charge < -0.3 is 14.5 Å². The van der Waals surface area contributed by atoms with Gasteiger partial charge in [0.05, 0.1) is 22.5 Å². The Morgan fingerprint density at radius 3 is 2.34 bits per heavy atom. The van der Waals surface area contributed by atoms with Gasteiger partial charge in [0.25, 0.3) is 5.69 Å². The van der Waals surface area contributed by atoms with E-state index in [9.17, 15) is 41.3 Å². The number of nitrogens with zero attached hydrogens (tertiary/aromatic N) is 5. The van der Waals surface area contributed by atoms with E-state index in [1.165, 1.54) is 4.90 Å². The molecule has 0 aromatic heterocycles. The zero-order chi connectivity index (χ0) is 29.2. The number of esters is 1. The number of ether oxygens (including phenoxy) is 1. The molecule has 0 saturated carbocycles. The highest BCUT2D eigenvalue weighted by Gasteiger charge is 2.43. The van der Waals surface area contributed by atoms with Crippen molar-refractivity contribution in [3.63, 3.8) is 0 Å². The van der Waals surface area contributed by atoms with Crippen molar-refractivity contribution in [1.82, 2.24) is 4.90 Å². The molecule has 1 saturated heterocycles. The molecule has 1 atom stereocenters. The van der Waals surface area contributed by atoms with Crippen molar-refractivity contribution in [3.8, 4) is 0 Å². The molecule has 1 aliphatic heterocycles. The lowest BCUT2D eigenvalue weighted by atomic mass is 9.98. The maximum absolute atomic E-state index is 13.6. The van der Waals surface area contributed by atoms with E-state index < -0.39 is 78.3 Å². The Bertz CT molecular complexity index is 1320. The maximum atomic E-state index is 13.6. The molecular weight excluding hydrogens is 535 g/mol. The molecule has 0 radical (unpaired) electrons. The number of aliphatic imine (C=N–C) groups is 2. The maximum Gasteiger partial charge on any atom is 0.433 e. The Morgan fingerprint density at radius 2 is 1.92 bits per heavy atom. The minimum atomic E-state index is -4.80. The lowest BCUT2D eigenvalue weighted by Crippen LogP contribution is -2.60. The van der Waals surface area contributed by atoms with Gasteiger partial charge in [-0.15, -0.1) is 0 Å². The molecule has 208 valence electrons. The van der Waals surface area contributed by atoms with E-state index in [-0.39, 0.29) is 13.1 Å². The number of sulfone groups is 1. The van der Waals surface area contributed by atoms with Crippen LogP contribution in [0.5, 0.6) is 0 Å². The van der Waals surface area contributed by atoms with Gasteiger partial charge >= 0.3 is 12.1 Å². The molecule has 1 fully saturated rings. The minimum Gasteiger partial charge on any atom is -0.465 e. The monoisotopic (exact) mass is 561 g/mol. The van der Waals surface area contributed by atoms with Crippen LogP contribution < -0.4 is 4.90 Å². The Balaban J connectivity index is 2.72. The minimum absolute atomic E-state index is 0.175. The second-order valence-corrected chi connectivity index (χ2v) is 10.5. The fraction of sp³-hybridized carbons (Fsp3) is 0.455. The lowest BCUT2D eigenvalue weighted by Gasteiger charge is -2.42. The van der Waals surface area contributed by atoms with E-state index in [0.29, 0.717) is 6.07 Å². The Morgan fingerprint density at radius 1 is 1.32 bits per heavy atom. The van der Waals surface area contributed by atoms with Crippen molar-refractivity contribution in [2.75, 3.05) is 31.4 Å². The average molecular weight is 562 g/mol. The molecule has 1 aromatic carbocycles. The summed E-state index contributed by atoms with van der Waals surface area (Å²) in [5.74, 6) is -2.96. The summed E-state index contributed by atoms with van der Waals surface area (Å²) in [6.45, 7) is 7.10. The predicted molar refractivity (Wildman–Crippen MR) is 132 cm³/mol. The average Bonchev–Trinajstić information content (AvgIpc) is 2.81. The van der Waals surface area contributed by atoms with Crippen LogP contribution in [0.2, 0.25) is 0 Å². The number of benzene rings is 1. The van der Waals surface area contributed by atoms with Gasteiger partial charge in [-0.25, -0.2) is 23.2 Å². The van der Waals surface area contributed by atoms with Crippen molar-refractivity contribution >= 4 is 45.8 Å². The second kappa shape index (κ2) is 11.3. The van der Waals surface area contributed by atoms with E-state index in [1.807, 2.05) is 0 Å². The molecule has 0 bridgehead atoms. The van der Waals surface area contributed by atoms with Gasteiger partial charge in [0, 0.05) is 25.4 Å². The van der Waals surface area contributed by atoms with Gasteiger partial charge in [0.2, 0.25) is 11.9 Å². The summed E-state index contributed by atoms with van der Waals surface area (Å²) in [6, 6.07) is 0.356. The van der Waals surface area contributed by atoms with Crippen LogP contribution in [0, 0.1) is 16.0 Å². The van der Waals surface area contributed by atoms with Crippen LogP contribution in [0.25, 0.3) is 0 Å². The highest BCUT2D eigenvalue weighted by Crippen LogP contribution is 2.37. The first-order valence-corrected chi connectivity index (χ1v) is 12.9. The number of carbonyl (C=O) groups is 2. The molecule has 1 aliphatic rings. The van der Waals surface area contributed by atoms with Crippen molar-refractivity contribution in [3.05, 3.63) is 39.6 Å². The quantitative estimate of drug-likeness (QED) is 0.169. The standard InChI is InChI=1S/C22H26F3N5O7S/c1-7-17(22(23,24)25)27-21(26-4)29-9-8-28(19(31)18(29)12(2)3)14-11-16(38(6,35)36)13(20(32)37-5)10-15(14)30(33)34/h7,10-12,18H,4,8-9H2,1-3,5-6H3/b17-7-,27-21?/t18-/m1/s1. The van der Waals surface area contributed by atoms with Crippen molar-refractivity contribution in [2.45, 2.75) is 37.9 Å². The topological polar surface area (TPSA) is 152 Å². The number of alkyl halides is 3. The summed E-state index contributed by atoms with van der Waals surface area (Å²) in [7, 11) is -3.16. The lowest BCUT2D eigenvalue weighted by molar-refractivity contribution is -0.384. The van der Waals surface area contributed by atoms with Gasteiger partial charge in [0.1, 0.15) is 17.4 Å². The molecule has 1 aromatic rings. The van der Waals surface area contributed by atoms with Crippen LogP contribution in [0.4, 0.5) is 24.5 Å². The number of allylic oxidation sites excluding steroid dienone is 2. The van der Waals surface area contributed by atoms with E-state index in [2.05, 4.69) is 21.4 Å². The zero-order valence-electron chi connectivity index (χ0n) is 21.1. The second-order valence-electron chi connectivity index (χ2n) is 8.47. The highest BCUT2D eigenvalue weighted by molar-refractivity contribution is 7.90. The van der Waals surface area contributed by atoms with E-state index in [4.69, 9.17) is 0 Å². The van der Waals surface area contributed by atoms with Crippen LogP contribution in [-0.2, 0) is 19.4 Å². The predicted octanol–water partition coefficient (Wildman–Crippen LogP) is 2.98. The third kappa shape index (κ3) is 6.17. The summed E-state index contributed by atoms with van der Waals surface area (Å²) in [5.41, 5.74) is -3.00. The smallest absolute Gasteiger partial charge is 0.433 e. The van der Waals surface area contributed by atoms with Crippen molar-refractivity contribution in [2.24, 2.45) is 15.9 Å². The molecule has 38 heavy (non-hydrogen) atoms. The number of carbonyl (C=O) groups excluding carboxylic acids is 2. The first-order valence-electron chi connectivity index (χ1n) is 11.0. The van der Waals surface area contributed by atoms with E-state index in [0.717, 1.165) is 37.3 Å². The number of rotatable bonds is 6. The molecule has 0 N–H and O–H groups in total. The number of piperazine rings is 1. The van der Waals surface area contributed by atoms with Crippen LogP contribution in [0.1, 0.15) is 31.1 Å². The fourth-order valence-corrected chi connectivity index (χ4v) is 4.81. The highest BCUT2D eigenvalue weighted by atomic mass is 32.2. The number of hydrogen-bond donors (Lipinski definition) is 0. The van der Waals surface area contributed by atoms with Gasteiger partial charge in [-0.05, 0) is 25.6 Å². The molecule has 0 spiro atoms. The summed E-state index contributed by atoms with van der Waals surface area (Å²) >= 11 is 0. The molecule has 2 rings (SSSR count). The van der Waals surface area contributed by atoms with Crippen molar-refractivity contribution < 1.29 is 40.8 Å². The number of nitro benzene ring substituents is 1. The summed E-state index contributed by atoms with van der Waals surface area (Å²) < 4.78 is 69.3. The third-order valence-corrected chi connectivity index (χ3v) is 6.74. The van der Waals surface area contributed by atoms with Gasteiger partial charge in [0.15, 0.2) is 9.84 Å². The molecule has 0 aliphatic carbocycles. The van der Waals surface area contributed by atoms with E-state index >= 15 is 0 Å². The molecule has 1 amide bonds.